The van der Waals surface area contributed by atoms with E-state index >= 15 is 0 Å². The van der Waals surface area contributed by atoms with Gasteiger partial charge in [0.05, 0.1) is 11.6 Å². The van der Waals surface area contributed by atoms with Crippen LogP contribution in [0.1, 0.15) is 81.2 Å². The molecule has 2 fully saturated rings. The molecule has 1 saturated carbocycles. The number of aromatic nitrogens is 3. The van der Waals surface area contributed by atoms with Gasteiger partial charge in [-0.05, 0) is 51.4 Å². The van der Waals surface area contributed by atoms with Crippen molar-refractivity contribution in [3.8, 4) is 0 Å². The van der Waals surface area contributed by atoms with Crippen LogP contribution in [-0.4, -0.2) is 51.6 Å². The molecule has 188 valence electrons. The first kappa shape index (κ1) is 24.7. The summed E-state index contributed by atoms with van der Waals surface area (Å²) in [5.41, 5.74) is 1.53. The average Bonchev–Trinajstić information content (AvgIpc) is 3.20. The molecule has 10 heteroatoms. The van der Waals surface area contributed by atoms with Gasteiger partial charge in [-0.25, -0.2) is 9.37 Å². The topological polar surface area (TPSA) is 70.7 Å². The highest BCUT2D eigenvalue weighted by atomic mass is 19.4. The van der Waals surface area contributed by atoms with Crippen molar-refractivity contribution in [1.82, 2.24) is 14.6 Å². The van der Waals surface area contributed by atoms with E-state index in [2.05, 4.69) is 0 Å². The third kappa shape index (κ3) is 4.35. The van der Waals surface area contributed by atoms with E-state index in [4.69, 9.17) is 10.1 Å². The number of nitrogens with zero attached hydrogens (tertiary/aromatic N) is 4. The first-order valence-electron chi connectivity index (χ1n) is 12.0. The molecule has 2 aromatic heterocycles. The zero-order valence-corrected chi connectivity index (χ0v) is 19.8. The lowest BCUT2D eigenvalue weighted by atomic mass is 9.80. The molecular formula is C24H32F4N4O2. The number of hydrogen-bond donors (Lipinski definition) is 1. The van der Waals surface area contributed by atoms with E-state index in [9.17, 15) is 27.5 Å². The van der Waals surface area contributed by atoms with Gasteiger partial charge in [-0.1, -0.05) is 13.8 Å². The van der Waals surface area contributed by atoms with Crippen LogP contribution in [0.2, 0.25) is 0 Å². The maximum atomic E-state index is 14.0. The molecule has 34 heavy (non-hydrogen) atoms. The Morgan fingerprint density at radius 3 is 2.50 bits per heavy atom. The van der Waals surface area contributed by atoms with Crippen LogP contribution in [-0.2, 0) is 4.79 Å². The summed E-state index contributed by atoms with van der Waals surface area (Å²) < 4.78 is 55.0. The van der Waals surface area contributed by atoms with Crippen LogP contribution in [0.5, 0.6) is 0 Å². The minimum absolute atomic E-state index is 0.0307. The van der Waals surface area contributed by atoms with E-state index in [1.807, 2.05) is 31.7 Å². The number of carboxylic acid groups (broad SMARTS) is 1. The standard InChI is InChI=1S/C24H32F4N4O2/c1-14(2)20-15(3)29-19-11-18(16-5-7-17(8-6-16)24(26,27)28)30-32(19)21(20)31-10-4-9-23(12-25,13-31)22(33)34/h11,14,16-17H,4-10,12-13H2,1-3H3,(H,33,34)/t16?,17?,23-/m0/s1. The summed E-state index contributed by atoms with van der Waals surface area (Å²) in [6, 6.07) is 1.84. The Hall–Kier alpha value is -2.39. The van der Waals surface area contributed by atoms with Gasteiger partial charge in [-0.2, -0.15) is 22.8 Å². The van der Waals surface area contributed by atoms with E-state index in [-0.39, 0.29) is 37.6 Å². The first-order valence-corrected chi connectivity index (χ1v) is 12.0. The lowest BCUT2D eigenvalue weighted by Crippen LogP contribution is -2.50. The molecule has 3 heterocycles. The summed E-state index contributed by atoms with van der Waals surface area (Å²) in [7, 11) is 0. The largest absolute Gasteiger partial charge is 0.481 e. The number of fused-ring (bicyclic) bond motifs is 1. The molecule has 0 aromatic carbocycles. The Morgan fingerprint density at radius 2 is 1.94 bits per heavy atom. The highest BCUT2D eigenvalue weighted by Crippen LogP contribution is 2.43. The molecule has 1 aliphatic carbocycles. The molecule has 1 saturated heterocycles. The highest BCUT2D eigenvalue weighted by molar-refractivity contribution is 5.76. The summed E-state index contributed by atoms with van der Waals surface area (Å²) in [6.07, 6.45) is -2.37. The fourth-order valence-corrected chi connectivity index (χ4v) is 5.68. The van der Waals surface area contributed by atoms with Crippen LogP contribution in [0.25, 0.3) is 5.65 Å². The minimum Gasteiger partial charge on any atom is -0.481 e. The fraction of sp³-hybridized carbons (Fsp3) is 0.708. The molecule has 0 spiro atoms. The smallest absolute Gasteiger partial charge is 0.391 e. The molecule has 0 bridgehead atoms. The number of rotatable bonds is 5. The van der Waals surface area contributed by atoms with Gasteiger partial charge in [0.1, 0.15) is 17.9 Å². The average molecular weight is 485 g/mol. The van der Waals surface area contributed by atoms with E-state index in [0.717, 1.165) is 11.3 Å². The molecule has 2 aromatic rings. The van der Waals surface area contributed by atoms with Gasteiger partial charge in [0.2, 0.25) is 0 Å². The van der Waals surface area contributed by atoms with Crippen molar-refractivity contribution in [3.63, 3.8) is 0 Å². The van der Waals surface area contributed by atoms with Gasteiger partial charge in [0, 0.05) is 36.3 Å². The van der Waals surface area contributed by atoms with Gasteiger partial charge in [-0.15, -0.1) is 0 Å². The van der Waals surface area contributed by atoms with Crippen molar-refractivity contribution in [3.05, 3.63) is 23.0 Å². The molecular weight excluding hydrogens is 452 g/mol. The predicted octanol–water partition coefficient (Wildman–Crippen LogP) is 5.64. The van der Waals surface area contributed by atoms with Crippen molar-refractivity contribution in [2.24, 2.45) is 11.3 Å². The monoisotopic (exact) mass is 484 g/mol. The van der Waals surface area contributed by atoms with Crippen molar-refractivity contribution in [2.45, 2.75) is 77.3 Å². The Bertz CT molecular complexity index is 1060. The van der Waals surface area contributed by atoms with Gasteiger partial charge >= 0.3 is 12.1 Å². The van der Waals surface area contributed by atoms with Gasteiger partial charge < -0.3 is 10.0 Å². The van der Waals surface area contributed by atoms with Crippen LogP contribution in [0.3, 0.4) is 0 Å². The Morgan fingerprint density at radius 1 is 1.26 bits per heavy atom. The number of piperidine rings is 1. The quantitative estimate of drug-likeness (QED) is 0.557. The van der Waals surface area contributed by atoms with Crippen molar-refractivity contribution in [1.29, 1.82) is 0 Å². The number of aryl methyl sites for hydroxylation is 1. The fourth-order valence-electron chi connectivity index (χ4n) is 5.68. The van der Waals surface area contributed by atoms with Crippen molar-refractivity contribution < 1.29 is 27.5 Å². The van der Waals surface area contributed by atoms with Crippen molar-refractivity contribution >= 4 is 17.4 Å². The minimum atomic E-state index is -4.16. The predicted molar refractivity (Wildman–Crippen MR) is 120 cm³/mol. The van der Waals surface area contributed by atoms with Crippen LogP contribution < -0.4 is 4.90 Å². The number of aliphatic carboxylic acids is 1. The SMILES string of the molecule is Cc1nc2cc(C3CCC(C(F)(F)F)CC3)nn2c(N2CCC[C@@](CF)(C(=O)O)C2)c1C(C)C. The highest BCUT2D eigenvalue weighted by Gasteiger charge is 2.44. The van der Waals surface area contributed by atoms with Crippen LogP contribution >= 0.6 is 0 Å². The maximum absolute atomic E-state index is 14.0. The number of carboxylic acids is 1. The van der Waals surface area contributed by atoms with E-state index in [1.54, 1.807) is 4.52 Å². The molecule has 0 radical (unpaired) electrons. The Balaban J connectivity index is 1.74. The second-order valence-corrected chi connectivity index (χ2v) is 10.3. The lowest BCUT2D eigenvalue weighted by Gasteiger charge is -2.40. The van der Waals surface area contributed by atoms with Gasteiger partial charge in [0.15, 0.2) is 5.65 Å². The summed E-state index contributed by atoms with van der Waals surface area (Å²) in [5, 5.41) is 14.6. The molecule has 0 amide bonds. The molecule has 2 aliphatic rings. The van der Waals surface area contributed by atoms with Gasteiger partial charge in [-0.3, -0.25) is 4.79 Å². The number of anilines is 1. The second kappa shape index (κ2) is 9.00. The molecule has 6 nitrogen and oxygen atoms in total. The summed E-state index contributed by atoms with van der Waals surface area (Å²) in [5.74, 6) is -1.71. The van der Waals surface area contributed by atoms with E-state index < -0.39 is 30.2 Å². The second-order valence-electron chi connectivity index (χ2n) is 10.3. The van der Waals surface area contributed by atoms with Crippen LogP contribution in [0.4, 0.5) is 23.4 Å². The zero-order valence-electron chi connectivity index (χ0n) is 19.8. The lowest BCUT2D eigenvalue weighted by molar-refractivity contribution is -0.182. The Labute approximate surface area is 196 Å². The molecule has 4 rings (SSSR count). The normalized spacial score (nSPS) is 26.4. The summed E-state index contributed by atoms with van der Waals surface area (Å²) in [4.78, 5) is 18.6. The Kier molecular flexibility index (Phi) is 6.54. The van der Waals surface area contributed by atoms with Gasteiger partial charge in [0.25, 0.3) is 0 Å². The van der Waals surface area contributed by atoms with Crippen LogP contribution in [0, 0.1) is 18.3 Å². The van der Waals surface area contributed by atoms with E-state index in [1.165, 1.54) is 0 Å². The number of halogens is 4. The number of hydrogen-bond acceptors (Lipinski definition) is 4. The van der Waals surface area contributed by atoms with Crippen molar-refractivity contribution in [2.75, 3.05) is 24.7 Å². The molecule has 1 N–H and O–H groups in total. The van der Waals surface area contributed by atoms with E-state index in [0.29, 0.717) is 43.0 Å². The molecule has 0 unspecified atom stereocenters. The first-order chi connectivity index (χ1) is 16.0. The number of alkyl halides is 4. The maximum Gasteiger partial charge on any atom is 0.391 e. The number of carbonyl (C=O) groups is 1. The molecule has 1 aliphatic heterocycles. The summed E-state index contributed by atoms with van der Waals surface area (Å²) >= 11 is 0. The summed E-state index contributed by atoms with van der Waals surface area (Å²) in [6.45, 7) is 5.58. The zero-order chi connectivity index (χ0) is 24.8. The van der Waals surface area contributed by atoms with Crippen LogP contribution in [0.15, 0.2) is 6.07 Å². The third-order valence-corrected chi connectivity index (χ3v) is 7.59. The third-order valence-electron chi connectivity index (χ3n) is 7.59. The molecule has 1 atom stereocenters.